The van der Waals surface area contributed by atoms with Crippen LogP contribution in [0.15, 0.2) is 73.1 Å². The summed E-state index contributed by atoms with van der Waals surface area (Å²) in [5.74, 6) is -1.25. The summed E-state index contributed by atoms with van der Waals surface area (Å²) in [6.07, 6.45) is 2.25. The first-order chi connectivity index (χ1) is 12.1. The van der Waals surface area contributed by atoms with Gasteiger partial charge in [0.15, 0.2) is 0 Å². The maximum atomic E-state index is 12.2. The quantitative estimate of drug-likeness (QED) is 0.700. The van der Waals surface area contributed by atoms with Gasteiger partial charge in [0.1, 0.15) is 0 Å². The lowest BCUT2D eigenvalue weighted by Crippen LogP contribution is -2.26. The number of aromatic nitrogens is 2. The van der Waals surface area contributed by atoms with Crippen LogP contribution in [0.3, 0.4) is 0 Å². The number of primary amides is 1. The number of nitrogens with two attached hydrogens (primary N) is 1. The lowest BCUT2D eigenvalue weighted by molar-refractivity contribution is -0.154. The number of esters is 1. The third-order valence-corrected chi connectivity index (χ3v) is 3.62. The van der Waals surface area contributed by atoms with Gasteiger partial charge in [-0.3, -0.25) is 9.59 Å². The molecule has 0 aliphatic rings. The first-order valence-electron chi connectivity index (χ1n) is 7.76. The zero-order valence-electron chi connectivity index (χ0n) is 13.4. The fraction of sp³-hybridized carbons (Fsp3) is 0.105. The largest absolute Gasteiger partial charge is 0.447 e. The summed E-state index contributed by atoms with van der Waals surface area (Å²) in [5.41, 5.74) is 7.48. The molecule has 0 radical (unpaired) electrons. The zero-order chi connectivity index (χ0) is 17.6. The molecule has 3 rings (SSSR count). The first kappa shape index (κ1) is 16.4. The fourth-order valence-electron chi connectivity index (χ4n) is 2.43. The highest BCUT2D eigenvalue weighted by Crippen LogP contribution is 2.18. The second-order valence-corrected chi connectivity index (χ2v) is 5.49. The van der Waals surface area contributed by atoms with Crippen molar-refractivity contribution in [1.29, 1.82) is 0 Å². The summed E-state index contributed by atoms with van der Waals surface area (Å²) in [7, 11) is 0. The highest BCUT2D eigenvalue weighted by molar-refractivity contribution is 5.84. The monoisotopic (exact) mass is 335 g/mol. The number of para-hydroxylation sites is 1. The molecule has 0 fully saturated rings. The van der Waals surface area contributed by atoms with E-state index in [1.54, 1.807) is 47.4 Å². The number of hydrogen-bond acceptors (Lipinski definition) is 4. The number of rotatable bonds is 6. The van der Waals surface area contributed by atoms with Crippen molar-refractivity contribution in [2.45, 2.75) is 12.5 Å². The van der Waals surface area contributed by atoms with Crippen LogP contribution < -0.4 is 5.73 Å². The topological polar surface area (TPSA) is 87.2 Å². The molecule has 0 bridgehead atoms. The van der Waals surface area contributed by atoms with Crippen LogP contribution >= 0.6 is 0 Å². The van der Waals surface area contributed by atoms with Crippen molar-refractivity contribution >= 4 is 11.9 Å². The number of carbonyl (C=O) groups is 2. The van der Waals surface area contributed by atoms with E-state index in [4.69, 9.17) is 10.5 Å². The fourth-order valence-corrected chi connectivity index (χ4v) is 2.43. The molecule has 1 heterocycles. The predicted molar refractivity (Wildman–Crippen MR) is 91.7 cm³/mol. The number of nitrogens with zero attached hydrogens (tertiary/aromatic N) is 2. The molecule has 126 valence electrons. The summed E-state index contributed by atoms with van der Waals surface area (Å²) >= 11 is 0. The Labute approximate surface area is 144 Å². The molecular formula is C19H17N3O3. The Morgan fingerprint density at radius 1 is 1.04 bits per heavy atom. The molecule has 1 aromatic heterocycles. The summed E-state index contributed by atoms with van der Waals surface area (Å²) < 4.78 is 6.94. The zero-order valence-corrected chi connectivity index (χ0v) is 13.4. The molecule has 3 aromatic rings. The van der Waals surface area contributed by atoms with Crippen LogP contribution in [-0.4, -0.2) is 21.7 Å². The van der Waals surface area contributed by atoms with Gasteiger partial charge in [-0.1, -0.05) is 48.5 Å². The van der Waals surface area contributed by atoms with Crippen LogP contribution in [-0.2, 0) is 20.7 Å². The van der Waals surface area contributed by atoms with E-state index in [2.05, 4.69) is 5.10 Å². The summed E-state index contributed by atoms with van der Waals surface area (Å²) in [4.78, 5) is 23.8. The van der Waals surface area contributed by atoms with Gasteiger partial charge in [-0.15, -0.1) is 0 Å². The van der Waals surface area contributed by atoms with E-state index < -0.39 is 18.0 Å². The lowest BCUT2D eigenvalue weighted by Gasteiger charge is -2.14. The molecule has 2 aromatic carbocycles. The molecule has 6 heteroatoms. The van der Waals surface area contributed by atoms with Crippen molar-refractivity contribution < 1.29 is 14.3 Å². The van der Waals surface area contributed by atoms with E-state index in [9.17, 15) is 9.59 Å². The van der Waals surface area contributed by atoms with Gasteiger partial charge in [0.05, 0.1) is 18.3 Å². The number of carbonyl (C=O) groups excluding carboxylic acids is 2. The molecular weight excluding hydrogens is 318 g/mol. The molecule has 0 saturated heterocycles. The maximum Gasteiger partial charge on any atom is 0.311 e. The van der Waals surface area contributed by atoms with Crippen molar-refractivity contribution in [3.05, 3.63) is 84.2 Å². The van der Waals surface area contributed by atoms with Gasteiger partial charge in [-0.05, 0) is 12.1 Å². The minimum atomic E-state index is -1.10. The van der Waals surface area contributed by atoms with E-state index in [1.165, 1.54) is 0 Å². The molecule has 1 amide bonds. The van der Waals surface area contributed by atoms with Gasteiger partial charge in [-0.25, -0.2) is 4.68 Å². The van der Waals surface area contributed by atoms with E-state index >= 15 is 0 Å². The second kappa shape index (κ2) is 7.44. The molecule has 1 unspecified atom stereocenters. The standard InChI is InChI=1S/C19H17N3O3/c20-19(24)18(15-7-3-1-4-8-15)25-17(23)11-14-12-21-22(13-14)16-9-5-2-6-10-16/h1-10,12-13,18H,11H2,(H2,20,24). The highest BCUT2D eigenvalue weighted by Gasteiger charge is 2.22. The minimum Gasteiger partial charge on any atom is -0.447 e. The molecule has 6 nitrogen and oxygen atoms in total. The average Bonchev–Trinajstić information content (AvgIpc) is 3.09. The molecule has 0 aliphatic heterocycles. The summed E-state index contributed by atoms with van der Waals surface area (Å²) in [5, 5.41) is 4.23. The Hall–Kier alpha value is -3.41. The Balaban J connectivity index is 1.68. The van der Waals surface area contributed by atoms with Crippen molar-refractivity contribution in [1.82, 2.24) is 9.78 Å². The van der Waals surface area contributed by atoms with Crippen LogP contribution in [0.4, 0.5) is 0 Å². The van der Waals surface area contributed by atoms with Crippen molar-refractivity contribution in [3.8, 4) is 5.69 Å². The van der Waals surface area contributed by atoms with Crippen molar-refractivity contribution in [3.63, 3.8) is 0 Å². The Morgan fingerprint density at radius 3 is 2.32 bits per heavy atom. The van der Waals surface area contributed by atoms with Crippen LogP contribution in [0.25, 0.3) is 5.69 Å². The SMILES string of the molecule is NC(=O)C(OC(=O)Cc1cnn(-c2ccccc2)c1)c1ccccc1. The number of ether oxygens (including phenoxy) is 1. The molecule has 2 N–H and O–H groups in total. The number of benzene rings is 2. The van der Waals surface area contributed by atoms with Gasteiger partial charge in [0, 0.05) is 17.3 Å². The highest BCUT2D eigenvalue weighted by atomic mass is 16.5. The van der Waals surface area contributed by atoms with Crippen LogP contribution in [0.1, 0.15) is 17.2 Å². The Kier molecular flexibility index (Phi) is 4.89. The normalized spacial score (nSPS) is 11.7. The summed E-state index contributed by atoms with van der Waals surface area (Å²) in [6, 6.07) is 18.2. The van der Waals surface area contributed by atoms with Gasteiger partial charge in [0.25, 0.3) is 5.91 Å². The molecule has 1 atom stereocenters. The predicted octanol–water partition coefficient (Wildman–Crippen LogP) is 2.18. The molecule has 0 saturated carbocycles. The van der Waals surface area contributed by atoms with Crippen LogP contribution in [0.5, 0.6) is 0 Å². The molecule has 25 heavy (non-hydrogen) atoms. The van der Waals surface area contributed by atoms with Gasteiger partial charge >= 0.3 is 5.97 Å². The van der Waals surface area contributed by atoms with Gasteiger partial charge < -0.3 is 10.5 Å². The number of amides is 1. The van der Waals surface area contributed by atoms with Crippen molar-refractivity contribution in [2.75, 3.05) is 0 Å². The minimum absolute atomic E-state index is 0.00342. The average molecular weight is 335 g/mol. The van der Waals surface area contributed by atoms with Gasteiger partial charge in [-0.2, -0.15) is 5.10 Å². The Morgan fingerprint density at radius 2 is 1.68 bits per heavy atom. The maximum absolute atomic E-state index is 12.2. The third kappa shape index (κ3) is 4.11. The lowest BCUT2D eigenvalue weighted by atomic mass is 10.1. The van der Waals surface area contributed by atoms with E-state index in [0.29, 0.717) is 11.1 Å². The number of hydrogen-bond donors (Lipinski definition) is 1. The third-order valence-electron chi connectivity index (χ3n) is 3.62. The van der Waals surface area contributed by atoms with Gasteiger partial charge in [0.2, 0.25) is 6.10 Å². The molecule has 0 spiro atoms. The van der Waals surface area contributed by atoms with Crippen molar-refractivity contribution in [2.24, 2.45) is 5.73 Å². The Bertz CT molecular complexity index is 860. The smallest absolute Gasteiger partial charge is 0.311 e. The van der Waals surface area contributed by atoms with E-state index in [1.807, 2.05) is 30.3 Å². The summed E-state index contributed by atoms with van der Waals surface area (Å²) in [6.45, 7) is 0. The van der Waals surface area contributed by atoms with E-state index in [0.717, 1.165) is 5.69 Å². The van der Waals surface area contributed by atoms with E-state index in [-0.39, 0.29) is 6.42 Å². The van der Waals surface area contributed by atoms with Crippen LogP contribution in [0, 0.1) is 0 Å². The molecule has 0 aliphatic carbocycles. The second-order valence-electron chi connectivity index (χ2n) is 5.49. The van der Waals surface area contributed by atoms with Crippen LogP contribution in [0.2, 0.25) is 0 Å². The first-order valence-corrected chi connectivity index (χ1v) is 7.76.